The molecule has 1 N–H and O–H groups in total. The van der Waals surface area contributed by atoms with Gasteiger partial charge in [-0.15, -0.1) is 0 Å². The van der Waals surface area contributed by atoms with E-state index in [1.807, 2.05) is 39.0 Å². The van der Waals surface area contributed by atoms with Gasteiger partial charge in [0, 0.05) is 5.56 Å². The summed E-state index contributed by atoms with van der Waals surface area (Å²) in [6.45, 7) is 5.81. The van der Waals surface area contributed by atoms with E-state index in [1.165, 1.54) is 6.07 Å². The van der Waals surface area contributed by atoms with Gasteiger partial charge in [0.25, 0.3) is 0 Å². The van der Waals surface area contributed by atoms with Gasteiger partial charge in [-0.3, -0.25) is 5.11 Å². The van der Waals surface area contributed by atoms with Crippen LogP contribution in [0.1, 0.15) is 31.9 Å². The molecule has 20 heavy (non-hydrogen) atoms. The molecule has 0 aromatic heterocycles. The van der Waals surface area contributed by atoms with Crippen molar-refractivity contribution in [2.75, 3.05) is 0 Å². The van der Waals surface area contributed by atoms with E-state index in [-0.39, 0.29) is 16.9 Å². The maximum Gasteiger partial charge on any atom is 0.223 e. The Bertz CT molecular complexity index is 674. The summed E-state index contributed by atoms with van der Waals surface area (Å²) in [5.41, 5.74) is 2.46. The molecule has 2 aromatic carbocycles. The average Bonchev–Trinajstić information content (AvgIpc) is 2.40. The van der Waals surface area contributed by atoms with Gasteiger partial charge in [-0.05, 0) is 40.8 Å². The first-order chi connectivity index (χ1) is 9.32. The highest BCUT2D eigenvalue weighted by atomic mass is 16.3. The zero-order chi connectivity index (χ0) is 14.9. The first kappa shape index (κ1) is 14.0. The van der Waals surface area contributed by atoms with Crippen LogP contribution in [0.15, 0.2) is 36.4 Å². The van der Waals surface area contributed by atoms with Gasteiger partial charge in [0.1, 0.15) is 0 Å². The number of hydrogen-bond donors (Lipinski definition) is 1. The molecule has 0 fully saturated rings. The summed E-state index contributed by atoms with van der Waals surface area (Å²) < 4.78 is 0. The average molecular weight is 266 g/mol. The van der Waals surface area contributed by atoms with Crippen LogP contribution in [-0.2, 0) is 10.5 Å². The number of phenols is 1. The fraction of sp³-hybridized carbons (Fsp3) is 0.235. The summed E-state index contributed by atoms with van der Waals surface area (Å²) >= 11 is 0. The normalized spacial score (nSPS) is 11.1. The van der Waals surface area contributed by atoms with Crippen LogP contribution in [0.25, 0.3) is 11.1 Å². The molecule has 0 heterocycles. The maximum atomic E-state index is 12.0. The number of aromatic hydroxyl groups is 1. The highest BCUT2D eigenvalue weighted by Gasteiger charge is 2.23. The Labute approximate surface area is 118 Å². The summed E-state index contributed by atoms with van der Waals surface area (Å²) in [5, 5.41) is 30.6. The van der Waals surface area contributed by atoms with Crippen LogP contribution in [0, 0.1) is 11.3 Å². The summed E-state index contributed by atoms with van der Waals surface area (Å²) in [7, 11) is 0. The van der Waals surface area contributed by atoms with Gasteiger partial charge in [0.05, 0.1) is 11.6 Å². The molecule has 2 aromatic rings. The highest BCUT2D eigenvalue weighted by Crippen LogP contribution is 2.41. The number of benzene rings is 2. The predicted octanol–water partition coefficient (Wildman–Crippen LogP) is 4.37. The Morgan fingerprint density at radius 3 is 2.15 bits per heavy atom. The lowest BCUT2D eigenvalue weighted by Gasteiger charge is -2.21. The van der Waals surface area contributed by atoms with Crippen molar-refractivity contribution in [1.82, 2.24) is 0 Å². The van der Waals surface area contributed by atoms with Crippen molar-refractivity contribution in [3.63, 3.8) is 0 Å². The largest absolute Gasteiger partial charge is 0.504 e. The van der Waals surface area contributed by atoms with Crippen LogP contribution in [0.3, 0.4) is 0 Å². The van der Waals surface area contributed by atoms with Gasteiger partial charge in [0.15, 0.2) is 5.75 Å². The van der Waals surface area contributed by atoms with E-state index in [9.17, 15) is 10.2 Å². The summed E-state index contributed by atoms with van der Waals surface area (Å²) in [4.78, 5) is 0. The molecule has 3 nitrogen and oxygen atoms in total. The first-order valence-corrected chi connectivity index (χ1v) is 6.38. The fourth-order valence-corrected chi connectivity index (χ4v) is 2.07. The molecule has 0 aliphatic rings. The lowest BCUT2D eigenvalue weighted by Crippen LogP contribution is -2.11. The molecule has 0 aliphatic carbocycles. The van der Waals surface area contributed by atoms with Crippen molar-refractivity contribution in [1.29, 1.82) is 5.26 Å². The SMILES string of the molecule is CC(C)(C)c1cc(-c2ccc(C#N)cc2)cc(O)c1[O]. The molecule has 3 heteroatoms. The van der Waals surface area contributed by atoms with Gasteiger partial charge in [-0.2, -0.15) is 5.26 Å². The fourth-order valence-electron chi connectivity index (χ4n) is 2.07. The second kappa shape index (κ2) is 4.90. The minimum atomic E-state index is -0.336. The summed E-state index contributed by atoms with van der Waals surface area (Å²) in [6, 6.07) is 12.4. The van der Waals surface area contributed by atoms with E-state index in [2.05, 4.69) is 6.07 Å². The first-order valence-electron chi connectivity index (χ1n) is 6.38. The second-order valence-electron chi connectivity index (χ2n) is 5.81. The molecule has 0 saturated heterocycles. The third kappa shape index (κ3) is 2.60. The van der Waals surface area contributed by atoms with Gasteiger partial charge in [-0.25, -0.2) is 0 Å². The molecule has 0 bridgehead atoms. The lowest BCUT2D eigenvalue weighted by molar-refractivity contribution is 0.313. The quantitative estimate of drug-likeness (QED) is 0.832. The van der Waals surface area contributed by atoms with E-state index in [0.29, 0.717) is 11.1 Å². The van der Waals surface area contributed by atoms with Crippen LogP contribution < -0.4 is 0 Å². The Morgan fingerprint density at radius 1 is 1.05 bits per heavy atom. The highest BCUT2D eigenvalue weighted by molar-refractivity contribution is 5.70. The van der Waals surface area contributed by atoms with Crippen molar-refractivity contribution in [2.24, 2.45) is 0 Å². The zero-order valence-electron chi connectivity index (χ0n) is 11.8. The topological polar surface area (TPSA) is 63.9 Å². The molecule has 101 valence electrons. The van der Waals surface area contributed by atoms with E-state index >= 15 is 0 Å². The van der Waals surface area contributed by atoms with E-state index in [1.54, 1.807) is 12.1 Å². The standard InChI is InChI=1S/C17H16NO2/c1-17(2,3)14-8-13(9-15(19)16(14)20)12-6-4-11(10-18)5-7-12/h4-9,19H,1-3H3. The van der Waals surface area contributed by atoms with Crippen LogP contribution in [0.2, 0.25) is 0 Å². The molecule has 0 amide bonds. The Kier molecular flexibility index (Phi) is 3.42. The minimum absolute atomic E-state index is 0.239. The summed E-state index contributed by atoms with van der Waals surface area (Å²) in [5.74, 6) is -0.563. The number of phenolic OH excluding ortho intramolecular Hbond substituents is 1. The second-order valence-corrected chi connectivity index (χ2v) is 5.81. The lowest BCUT2D eigenvalue weighted by atomic mass is 9.84. The molecule has 1 radical (unpaired) electrons. The van der Waals surface area contributed by atoms with Gasteiger partial charge in [-0.1, -0.05) is 32.9 Å². The number of rotatable bonds is 1. The van der Waals surface area contributed by atoms with Crippen LogP contribution >= 0.6 is 0 Å². The van der Waals surface area contributed by atoms with Crippen molar-refractivity contribution < 1.29 is 10.2 Å². The molecule has 0 unspecified atom stereocenters. The van der Waals surface area contributed by atoms with Crippen LogP contribution in [-0.4, -0.2) is 5.11 Å². The molecule has 0 aliphatic heterocycles. The van der Waals surface area contributed by atoms with Crippen molar-refractivity contribution in [3.05, 3.63) is 47.5 Å². The molecule has 0 saturated carbocycles. The van der Waals surface area contributed by atoms with Gasteiger partial charge < -0.3 is 5.11 Å². The predicted molar refractivity (Wildman–Crippen MR) is 77.1 cm³/mol. The zero-order valence-corrected chi connectivity index (χ0v) is 11.8. The Morgan fingerprint density at radius 2 is 1.65 bits per heavy atom. The third-order valence-corrected chi connectivity index (χ3v) is 3.22. The minimum Gasteiger partial charge on any atom is -0.504 e. The summed E-state index contributed by atoms with van der Waals surface area (Å²) in [6.07, 6.45) is 0. The number of hydrogen-bond acceptors (Lipinski definition) is 2. The van der Waals surface area contributed by atoms with Gasteiger partial charge in [0.2, 0.25) is 5.75 Å². The Balaban J connectivity index is 2.58. The van der Waals surface area contributed by atoms with Crippen LogP contribution in [0.5, 0.6) is 11.5 Å². The third-order valence-electron chi connectivity index (χ3n) is 3.22. The molecule has 2 rings (SSSR count). The monoisotopic (exact) mass is 266 g/mol. The maximum absolute atomic E-state index is 12.0. The van der Waals surface area contributed by atoms with Crippen molar-refractivity contribution in [3.8, 4) is 28.7 Å². The van der Waals surface area contributed by atoms with E-state index in [0.717, 1.165) is 11.1 Å². The van der Waals surface area contributed by atoms with E-state index < -0.39 is 0 Å². The van der Waals surface area contributed by atoms with Gasteiger partial charge >= 0.3 is 0 Å². The molecule has 0 spiro atoms. The molecular formula is C17H16NO2. The smallest absolute Gasteiger partial charge is 0.223 e. The van der Waals surface area contributed by atoms with Crippen molar-refractivity contribution >= 4 is 0 Å². The molecular weight excluding hydrogens is 250 g/mol. The Hall–Kier alpha value is -2.47. The van der Waals surface area contributed by atoms with E-state index in [4.69, 9.17) is 5.26 Å². The number of nitriles is 1. The van der Waals surface area contributed by atoms with Crippen molar-refractivity contribution in [2.45, 2.75) is 26.2 Å². The number of nitrogens with zero attached hydrogens (tertiary/aromatic N) is 1. The molecule has 0 atom stereocenters. The van der Waals surface area contributed by atoms with Crippen LogP contribution in [0.4, 0.5) is 0 Å².